The van der Waals surface area contributed by atoms with Gasteiger partial charge in [0.05, 0.1) is 23.1 Å². The SMILES string of the molecule is CCC(C)C(C(=O)N1CCC2(CC1)CC(=O)c1cc(C)c(C)cc1O2)N1C(=O)c2ccccc2C1=O. The fourth-order valence-electron chi connectivity index (χ4n) is 5.64. The summed E-state index contributed by atoms with van der Waals surface area (Å²) >= 11 is 0. The molecule has 2 aromatic rings. The molecule has 1 spiro atoms. The molecular weight excluding hydrogens is 456 g/mol. The molecular formula is C29H32N2O5. The topological polar surface area (TPSA) is 84.0 Å². The van der Waals surface area contributed by atoms with Crippen molar-refractivity contribution in [3.05, 3.63) is 64.2 Å². The number of amides is 3. The van der Waals surface area contributed by atoms with Crippen molar-refractivity contribution < 1.29 is 23.9 Å². The van der Waals surface area contributed by atoms with Crippen LogP contribution >= 0.6 is 0 Å². The molecule has 2 atom stereocenters. The second kappa shape index (κ2) is 8.87. The average molecular weight is 489 g/mol. The molecule has 0 aromatic heterocycles. The molecule has 0 aliphatic carbocycles. The molecule has 3 amide bonds. The van der Waals surface area contributed by atoms with E-state index in [1.165, 1.54) is 0 Å². The van der Waals surface area contributed by atoms with Gasteiger partial charge < -0.3 is 9.64 Å². The Balaban J connectivity index is 1.35. The lowest BCUT2D eigenvalue weighted by Gasteiger charge is -2.45. The third kappa shape index (κ3) is 3.81. The van der Waals surface area contributed by atoms with Crippen molar-refractivity contribution >= 4 is 23.5 Å². The summed E-state index contributed by atoms with van der Waals surface area (Å²) in [4.78, 5) is 56.1. The van der Waals surface area contributed by atoms with E-state index in [0.717, 1.165) is 16.0 Å². The van der Waals surface area contributed by atoms with Gasteiger partial charge in [0.25, 0.3) is 11.8 Å². The number of ether oxygens (including phenoxy) is 1. The molecule has 1 fully saturated rings. The molecule has 2 unspecified atom stereocenters. The summed E-state index contributed by atoms with van der Waals surface area (Å²) in [5, 5.41) is 0. The van der Waals surface area contributed by atoms with E-state index in [9.17, 15) is 19.2 Å². The molecule has 3 heterocycles. The first-order valence-electron chi connectivity index (χ1n) is 12.7. The Morgan fingerprint density at radius 3 is 2.14 bits per heavy atom. The first-order chi connectivity index (χ1) is 17.2. The number of nitrogens with zero attached hydrogens (tertiary/aromatic N) is 2. The van der Waals surface area contributed by atoms with Crippen LogP contribution in [0.3, 0.4) is 0 Å². The molecule has 1 saturated heterocycles. The third-order valence-electron chi connectivity index (χ3n) is 8.23. The fraction of sp³-hybridized carbons (Fsp3) is 0.448. The van der Waals surface area contributed by atoms with Crippen LogP contribution in [0.1, 0.15) is 81.7 Å². The average Bonchev–Trinajstić information content (AvgIpc) is 3.11. The maximum absolute atomic E-state index is 13.8. The van der Waals surface area contributed by atoms with Crippen molar-refractivity contribution in [2.24, 2.45) is 5.92 Å². The van der Waals surface area contributed by atoms with Gasteiger partial charge in [0, 0.05) is 25.9 Å². The smallest absolute Gasteiger partial charge is 0.262 e. The standard InChI is InChI=1S/C29H32N2O5/c1-5-17(2)25(31-26(33)20-8-6-7-9-21(20)27(31)34)28(35)30-12-10-29(11-13-30)16-23(32)22-14-18(3)19(4)15-24(22)36-29/h6-9,14-15,17,25H,5,10-13,16H2,1-4H3. The Kier molecular flexibility index (Phi) is 5.97. The number of imide groups is 1. The lowest BCUT2D eigenvalue weighted by molar-refractivity contribution is -0.140. The number of carbonyl (C=O) groups is 4. The highest BCUT2D eigenvalue weighted by Gasteiger charge is 2.48. The van der Waals surface area contributed by atoms with Crippen LogP contribution in [0.5, 0.6) is 5.75 Å². The van der Waals surface area contributed by atoms with E-state index >= 15 is 0 Å². The lowest BCUT2D eigenvalue weighted by Crippen LogP contribution is -2.58. The number of hydrogen-bond donors (Lipinski definition) is 0. The second-order valence-corrected chi connectivity index (χ2v) is 10.5. The predicted molar refractivity (Wildman–Crippen MR) is 134 cm³/mol. The lowest BCUT2D eigenvalue weighted by atomic mass is 9.81. The Labute approximate surface area is 211 Å². The van der Waals surface area contributed by atoms with E-state index in [-0.39, 0.29) is 24.0 Å². The summed E-state index contributed by atoms with van der Waals surface area (Å²) in [6, 6.07) is 9.69. The van der Waals surface area contributed by atoms with Crippen molar-refractivity contribution in [3.8, 4) is 5.75 Å². The number of hydrogen-bond acceptors (Lipinski definition) is 5. The summed E-state index contributed by atoms with van der Waals surface area (Å²) in [5.41, 5.74) is 2.82. The van der Waals surface area contributed by atoms with Gasteiger partial charge in [-0.2, -0.15) is 0 Å². The molecule has 7 nitrogen and oxygen atoms in total. The molecule has 7 heteroatoms. The normalized spacial score (nSPS) is 20.2. The van der Waals surface area contributed by atoms with Gasteiger partial charge in [0.2, 0.25) is 5.91 Å². The highest BCUT2D eigenvalue weighted by molar-refractivity contribution is 6.22. The van der Waals surface area contributed by atoms with Crippen LogP contribution < -0.4 is 4.74 Å². The second-order valence-electron chi connectivity index (χ2n) is 10.5. The van der Waals surface area contributed by atoms with Crippen molar-refractivity contribution in [3.63, 3.8) is 0 Å². The van der Waals surface area contributed by atoms with Crippen LogP contribution in [0, 0.1) is 19.8 Å². The monoisotopic (exact) mass is 488 g/mol. The fourth-order valence-corrected chi connectivity index (χ4v) is 5.64. The number of ketones is 1. The molecule has 3 aliphatic rings. The van der Waals surface area contributed by atoms with Crippen LogP contribution in [0.2, 0.25) is 0 Å². The highest BCUT2D eigenvalue weighted by atomic mass is 16.5. The number of Topliss-reactive ketones (excluding diaryl/α,β-unsaturated/α-hetero) is 1. The molecule has 0 saturated carbocycles. The minimum atomic E-state index is -0.864. The largest absolute Gasteiger partial charge is 0.486 e. The van der Waals surface area contributed by atoms with Crippen LogP contribution in [0.15, 0.2) is 36.4 Å². The van der Waals surface area contributed by atoms with Gasteiger partial charge in [-0.15, -0.1) is 0 Å². The van der Waals surface area contributed by atoms with Crippen molar-refractivity contribution in [1.29, 1.82) is 0 Å². The summed E-state index contributed by atoms with van der Waals surface area (Å²) in [5.74, 6) is -0.540. The molecule has 2 aromatic carbocycles. The van der Waals surface area contributed by atoms with E-state index in [4.69, 9.17) is 4.74 Å². The number of benzene rings is 2. The number of fused-ring (bicyclic) bond motifs is 2. The van der Waals surface area contributed by atoms with Gasteiger partial charge in [-0.25, -0.2) is 0 Å². The van der Waals surface area contributed by atoms with Gasteiger partial charge >= 0.3 is 0 Å². The number of likely N-dealkylation sites (tertiary alicyclic amines) is 1. The molecule has 188 valence electrons. The van der Waals surface area contributed by atoms with E-state index in [2.05, 4.69) is 0 Å². The first-order valence-corrected chi connectivity index (χ1v) is 12.7. The van der Waals surface area contributed by atoms with Crippen LogP contribution in [0.4, 0.5) is 0 Å². The van der Waals surface area contributed by atoms with Gasteiger partial charge in [-0.3, -0.25) is 24.1 Å². The van der Waals surface area contributed by atoms with E-state index < -0.39 is 23.5 Å². The Morgan fingerprint density at radius 2 is 1.56 bits per heavy atom. The van der Waals surface area contributed by atoms with E-state index in [1.807, 2.05) is 39.8 Å². The number of aryl methyl sites for hydroxylation is 2. The molecule has 36 heavy (non-hydrogen) atoms. The molecule has 5 rings (SSSR count). The minimum Gasteiger partial charge on any atom is -0.486 e. The quantitative estimate of drug-likeness (QED) is 0.598. The molecule has 3 aliphatic heterocycles. The molecule has 0 N–H and O–H groups in total. The van der Waals surface area contributed by atoms with Crippen LogP contribution in [0.25, 0.3) is 0 Å². The highest BCUT2D eigenvalue weighted by Crippen LogP contribution is 2.41. The number of piperidine rings is 1. The Bertz CT molecular complexity index is 1240. The van der Waals surface area contributed by atoms with Gasteiger partial charge in [-0.05, 0) is 55.2 Å². The maximum atomic E-state index is 13.8. The molecule has 0 radical (unpaired) electrons. The van der Waals surface area contributed by atoms with Gasteiger partial charge in [-0.1, -0.05) is 32.4 Å². The zero-order valence-electron chi connectivity index (χ0n) is 21.3. The predicted octanol–water partition coefficient (Wildman–Crippen LogP) is 4.34. The summed E-state index contributed by atoms with van der Waals surface area (Å²) in [6.07, 6.45) is 1.98. The van der Waals surface area contributed by atoms with Crippen molar-refractivity contribution in [2.75, 3.05) is 13.1 Å². The third-order valence-corrected chi connectivity index (χ3v) is 8.23. The number of rotatable bonds is 4. The molecule has 0 bridgehead atoms. The summed E-state index contributed by atoms with van der Waals surface area (Å²) < 4.78 is 6.42. The van der Waals surface area contributed by atoms with E-state index in [1.54, 1.807) is 29.2 Å². The van der Waals surface area contributed by atoms with Crippen molar-refractivity contribution in [2.45, 2.75) is 65.0 Å². The Hall–Kier alpha value is -3.48. The van der Waals surface area contributed by atoms with E-state index in [0.29, 0.717) is 54.8 Å². The minimum absolute atomic E-state index is 0.0719. The van der Waals surface area contributed by atoms with Crippen LogP contribution in [-0.4, -0.2) is 58.0 Å². The maximum Gasteiger partial charge on any atom is 0.262 e. The first kappa shape index (κ1) is 24.2. The zero-order valence-corrected chi connectivity index (χ0v) is 21.3. The summed E-state index contributed by atoms with van der Waals surface area (Å²) in [7, 11) is 0. The van der Waals surface area contributed by atoms with Gasteiger partial charge in [0.1, 0.15) is 17.4 Å². The Morgan fingerprint density at radius 1 is 0.972 bits per heavy atom. The van der Waals surface area contributed by atoms with Gasteiger partial charge in [0.15, 0.2) is 5.78 Å². The zero-order chi connectivity index (χ0) is 25.8. The van der Waals surface area contributed by atoms with Crippen molar-refractivity contribution in [1.82, 2.24) is 9.80 Å². The summed E-state index contributed by atoms with van der Waals surface area (Å²) in [6.45, 7) is 8.66. The number of carbonyl (C=O) groups excluding carboxylic acids is 4. The van der Waals surface area contributed by atoms with Crippen LogP contribution in [-0.2, 0) is 4.79 Å².